The van der Waals surface area contributed by atoms with Crippen molar-refractivity contribution in [3.63, 3.8) is 0 Å². The number of hydrogen-bond donors (Lipinski definition) is 3. The predicted molar refractivity (Wildman–Crippen MR) is 44.3 cm³/mol. The molecule has 68 valence electrons. The van der Waals surface area contributed by atoms with E-state index in [-0.39, 0.29) is 49.6 Å². The van der Waals surface area contributed by atoms with Crippen LogP contribution in [0.4, 0.5) is 0 Å². The van der Waals surface area contributed by atoms with Gasteiger partial charge in [-0.15, -0.1) is 0 Å². The number of carboxylic acid groups (broad SMARTS) is 1. The molecule has 0 spiro atoms. The van der Waals surface area contributed by atoms with Crippen molar-refractivity contribution in [2.45, 2.75) is 12.5 Å². The zero-order chi connectivity index (χ0) is 8.27. The van der Waals surface area contributed by atoms with E-state index in [0.717, 1.165) is 5.69 Å². The zero-order valence-electron chi connectivity index (χ0n) is 6.93. The molecule has 6 nitrogen and oxygen atoms in total. The Bertz CT molecular complexity index is 239. The van der Waals surface area contributed by atoms with Gasteiger partial charge in [0, 0.05) is 18.3 Å². The second-order valence-electron chi connectivity index (χ2n) is 2.23. The van der Waals surface area contributed by atoms with Crippen LogP contribution in [-0.4, -0.2) is 64.8 Å². The zero-order valence-corrected chi connectivity index (χ0v) is 9.14. The Labute approximate surface area is 105 Å². The summed E-state index contributed by atoms with van der Waals surface area (Å²) < 4.78 is 0. The fourth-order valence-electron chi connectivity index (χ4n) is 0.721. The summed E-state index contributed by atoms with van der Waals surface area (Å²) in [4.78, 5) is 16.8. The molecule has 0 radical (unpaired) electrons. The van der Waals surface area contributed by atoms with Crippen molar-refractivity contribution in [2.24, 2.45) is 5.73 Å². The van der Waals surface area contributed by atoms with Crippen molar-refractivity contribution in [1.29, 1.82) is 0 Å². The van der Waals surface area contributed by atoms with Gasteiger partial charge < -0.3 is 21.3 Å². The Morgan fingerprint density at radius 1 is 1.77 bits per heavy atom. The summed E-state index contributed by atoms with van der Waals surface area (Å²) >= 11 is 0. The number of nitrogens with two attached hydrogens (primary N) is 1. The van der Waals surface area contributed by atoms with Gasteiger partial charge >= 0.3 is 43.7 Å². The maximum Gasteiger partial charge on any atom is 2.00 e. The van der Waals surface area contributed by atoms with E-state index in [2.05, 4.69) is 9.97 Å². The minimum atomic E-state index is -1.00. The Kier molecular flexibility index (Phi) is 8.59. The van der Waals surface area contributed by atoms with Crippen LogP contribution in [0, 0.1) is 0 Å². The first kappa shape index (κ1) is 15.3. The number of carboxylic acids is 1. The van der Waals surface area contributed by atoms with Gasteiger partial charge in [0.1, 0.15) is 6.04 Å². The van der Waals surface area contributed by atoms with E-state index in [1.165, 1.54) is 6.33 Å². The molecule has 0 aromatic carbocycles. The van der Waals surface area contributed by atoms with Crippen LogP contribution in [0.5, 0.6) is 0 Å². The van der Waals surface area contributed by atoms with Gasteiger partial charge in [-0.3, -0.25) is 4.79 Å². The molecule has 1 aromatic heterocycles. The van der Waals surface area contributed by atoms with Crippen molar-refractivity contribution in [3.8, 4) is 0 Å². The van der Waals surface area contributed by atoms with Crippen LogP contribution in [0.1, 0.15) is 5.69 Å². The van der Waals surface area contributed by atoms with Gasteiger partial charge in [-0.25, -0.2) is 4.98 Å². The van der Waals surface area contributed by atoms with E-state index < -0.39 is 12.0 Å². The molecule has 1 heterocycles. The van der Waals surface area contributed by atoms with E-state index in [1.807, 2.05) is 0 Å². The number of rotatable bonds is 3. The molecule has 13 heavy (non-hydrogen) atoms. The van der Waals surface area contributed by atoms with Crippen LogP contribution < -0.4 is 5.73 Å². The van der Waals surface area contributed by atoms with Crippen LogP contribution in [0.15, 0.2) is 12.5 Å². The molecule has 0 fully saturated rings. The maximum atomic E-state index is 10.3. The first-order valence-electron chi connectivity index (χ1n) is 3.16. The minimum Gasteiger partial charge on any atom is -2.00 e. The number of nitrogens with zero attached hydrogens (tertiary/aromatic N) is 1. The molecule has 0 unspecified atom stereocenters. The Balaban J connectivity index is 0. The Morgan fingerprint density at radius 2 is 2.38 bits per heavy atom. The molecular formula is C6H9CaN3O3. The third-order valence-electron chi connectivity index (χ3n) is 1.31. The summed E-state index contributed by atoms with van der Waals surface area (Å²) in [6.45, 7) is 0. The largest absolute Gasteiger partial charge is 2.00 e. The van der Waals surface area contributed by atoms with Gasteiger partial charge in [-0.05, 0) is 0 Å². The molecule has 0 bridgehead atoms. The Morgan fingerprint density at radius 3 is 2.77 bits per heavy atom. The first-order valence-corrected chi connectivity index (χ1v) is 3.16. The third-order valence-corrected chi connectivity index (χ3v) is 1.31. The fraction of sp³-hybridized carbons (Fsp3) is 0.333. The number of aromatic amines is 1. The minimum absolute atomic E-state index is 0. The van der Waals surface area contributed by atoms with E-state index >= 15 is 0 Å². The quantitative estimate of drug-likeness (QED) is 0.547. The normalized spacial score (nSPS) is 10.8. The van der Waals surface area contributed by atoms with Crippen LogP contribution in [0.25, 0.3) is 0 Å². The molecule has 0 amide bonds. The second-order valence-corrected chi connectivity index (χ2v) is 2.23. The van der Waals surface area contributed by atoms with Crippen molar-refractivity contribution >= 4 is 43.7 Å². The smallest absolute Gasteiger partial charge is 2.00 e. The summed E-state index contributed by atoms with van der Waals surface area (Å²) in [7, 11) is 0. The predicted octanol–water partition coefficient (Wildman–Crippen LogP) is -1.14. The van der Waals surface area contributed by atoms with E-state index in [0.29, 0.717) is 0 Å². The number of aliphatic carboxylic acids is 1. The van der Waals surface area contributed by atoms with Gasteiger partial charge in [-0.1, -0.05) is 0 Å². The summed E-state index contributed by atoms with van der Waals surface area (Å²) in [6, 6.07) is -0.851. The number of nitrogens with one attached hydrogen (secondary N) is 1. The van der Waals surface area contributed by atoms with Crippen molar-refractivity contribution in [1.82, 2.24) is 9.97 Å². The number of H-pyrrole nitrogens is 1. The third kappa shape index (κ3) is 5.22. The maximum absolute atomic E-state index is 10.3. The van der Waals surface area contributed by atoms with Gasteiger partial charge in [-0.2, -0.15) is 0 Å². The summed E-state index contributed by atoms with van der Waals surface area (Å²) in [5, 5.41) is 8.42. The van der Waals surface area contributed by atoms with Gasteiger partial charge in [0.05, 0.1) is 6.33 Å². The summed E-state index contributed by atoms with van der Waals surface area (Å²) in [6.07, 6.45) is 3.34. The molecule has 1 rings (SSSR count). The van der Waals surface area contributed by atoms with Crippen LogP contribution in [-0.2, 0) is 16.7 Å². The molecular weight excluding hydrogens is 202 g/mol. The molecule has 0 aliphatic rings. The Hall–Kier alpha value is -0.140. The molecule has 0 aliphatic heterocycles. The van der Waals surface area contributed by atoms with Crippen LogP contribution >= 0.6 is 0 Å². The average Bonchev–Trinajstić information content (AvgIpc) is 2.39. The number of hydrogen-bond acceptors (Lipinski definition) is 3. The van der Waals surface area contributed by atoms with E-state index in [4.69, 9.17) is 10.8 Å². The molecule has 7 heteroatoms. The van der Waals surface area contributed by atoms with Crippen molar-refractivity contribution < 1.29 is 15.4 Å². The number of carbonyl (C=O) groups is 1. The summed E-state index contributed by atoms with van der Waals surface area (Å²) in [5.41, 5.74) is 6.00. The van der Waals surface area contributed by atoms with Gasteiger partial charge in [0.2, 0.25) is 0 Å². The fourth-order valence-corrected chi connectivity index (χ4v) is 0.721. The van der Waals surface area contributed by atoms with Gasteiger partial charge in [0.25, 0.3) is 0 Å². The van der Waals surface area contributed by atoms with Crippen molar-refractivity contribution in [3.05, 3.63) is 18.2 Å². The van der Waals surface area contributed by atoms with Crippen LogP contribution in [0.3, 0.4) is 0 Å². The molecule has 4 N–H and O–H groups in total. The van der Waals surface area contributed by atoms with E-state index in [1.54, 1.807) is 6.20 Å². The monoisotopic (exact) mass is 211 g/mol. The SMILES string of the molecule is N[C@@H](Cc1cnc[nH]1)C(=O)O.[Ca+2].[O-2]. The molecule has 0 saturated heterocycles. The second kappa shape index (κ2) is 7.28. The standard InChI is InChI=1S/C6H9N3O2.Ca.O/c7-5(6(10)11)1-4-2-8-3-9-4;;/h2-3,5H,1,7H2,(H,8,9)(H,10,11);;/q;+2;-2/t5-;;/m0../s1. The topological polar surface area (TPSA) is 120 Å². The molecule has 1 atom stereocenters. The number of aromatic nitrogens is 2. The molecule has 0 saturated carbocycles. The number of imidazole rings is 1. The molecule has 0 aliphatic carbocycles. The van der Waals surface area contributed by atoms with Gasteiger partial charge in [0.15, 0.2) is 0 Å². The van der Waals surface area contributed by atoms with E-state index in [9.17, 15) is 4.79 Å². The first-order chi connectivity index (χ1) is 5.20. The van der Waals surface area contributed by atoms with Crippen molar-refractivity contribution in [2.75, 3.05) is 0 Å². The molecule has 1 aromatic rings. The average molecular weight is 211 g/mol. The van der Waals surface area contributed by atoms with Crippen LogP contribution in [0.2, 0.25) is 0 Å². The summed E-state index contributed by atoms with van der Waals surface area (Å²) in [5.74, 6) is -1.00.